The van der Waals surface area contributed by atoms with E-state index in [9.17, 15) is 10.2 Å². The second-order valence-corrected chi connectivity index (χ2v) is 6.39. The molecule has 102 valence electrons. The number of hydrogen-bond acceptors (Lipinski definition) is 5. The maximum Gasteiger partial charge on any atom is 0.195 e. The lowest BCUT2D eigenvalue weighted by Crippen LogP contribution is -2.45. The van der Waals surface area contributed by atoms with Gasteiger partial charge >= 0.3 is 0 Å². The first-order valence-corrected chi connectivity index (χ1v) is 7.67. The van der Waals surface area contributed by atoms with Crippen LogP contribution in [0.1, 0.15) is 31.4 Å². The average Bonchev–Trinajstić information content (AvgIpc) is 3.00. The van der Waals surface area contributed by atoms with E-state index in [1.54, 1.807) is 11.3 Å². The second kappa shape index (κ2) is 4.19. The van der Waals surface area contributed by atoms with Gasteiger partial charge in [-0.25, -0.2) is 4.98 Å². The molecule has 2 atom stereocenters. The van der Waals surface area contributed by atoms with Crippen molar-refractivity contribution in [3.63, 3.8) is 0 Å². The maximum atomic E-state index is 9.88. The highest BCUT2D eigenvalue weighted by Crippen LogP contribution is 2.40. The number of rotatable bonds is 2. The molecule has 2 N–H and O–H groups in total. The van der Waals surface area contributed by atoms with Crippen molar-refractivity contribution >= 4 is 22.1 Å². The van der Waals surface area contributed by atoms with Crippen molar-refractivity contribution in [1.29, 1.82) is 0 Å². The number of thiazole rings is 1. The molecule has 2 bridgehead atoms. The van der Waals surface area contributed by atoms with Gasteiger partial charge in [-0.1, -0.05) is 0 Å². The first-order chi connectivity index (χ1) is 9.28. The van der Waals surface area contributed by atoms with Crippen molar-refractivity contribution in [1.82, 2.24) is 9.38 Å². The molecule has 2 saturated heterocycles. The molecule has 0 saturated carbocycles. The van der Waals surface area contributed by atoms with Crippen LogP contribution in [0.5, 0.6) is 0 Å². The summed E-state index contributed by atoms with van der Waals surface area (Å²) >= 11 is 1.59. The molecular formula is C13H17N3O2S. The van der Waals surface area contributed by atoms with E-state index in [4.69, 9.17) is 4.98 Å². The molecule has 2 aliphatic heterocycles. The number of aromatic nitrogens is 2. The summed E-state index contributed by atoms with van der Waals surface area (Å²) in [6, 6.07) is 0.757. The molecule has 2 fully saturated rings. The molecule has 0 aliphatic carbocycles. The quantitative estimate of drug-likeness (QED) is 0.872. The highest BCUT2D eigenvalue weighted by molar-refractivity contribution is 7.15. The van der Waals surface area contributed by atoms with E-state index in [-0.39, 0.29) is 12.7 Å². The standard InChI is InChI=1S/C13H17N3O2S/c17-7-11-12(14-13-15(11)3-4-19-13)16-8-1-2-9(16)6-10(18)5-8/h3-4,8-10,17-18H,1-2,5-7H2. The minimum absolute atomic E-state index is 0.00568. The Balaban J connectivity index is 1.80. The lowest BCUT2D eigenvalue weighted by Gasteiger charge is -2.37. The number of imidazole rings is 1. The molecule has 2 aliphatic rings. The van der Waals surface area contributed by atoms with Crippen molar-refractivity contribution in [2.75, 3.05) is 4.90 Å². The van der Waals surface area contributed by atoms with E-state index in [0.717, 1.165) is 42.2 Å². The summed E-state index contributed by atoms with van der Waals surface area (Å²) in [6.45, 7) is 0.00568. The zero-order valence-corrected chi connectivity index (χ0v) is 11.4. The van der Waals surface area contributed by atoms with Crippen molar-refractivity contribution < 1.29 is 10.2 Å². The van der Waals surface area contributed by atoms with E-state index in [1.807, 2.05) is 16.0 Å². The SMILES string of the molecule is OCc1c(N2C3CCC2CC(O)C3)nc2sccn12. The van der Waals surface area contributed by atoms with Crippen LogP contribution in [0, 0.1) is 0 Å². The minimum atomic E-state index is -0.171. The molecular weight excluding hydrogens is 262 g/mol. The zero-order chi connectivity index (χ0) is 13.0. The van der Waals surface area contributed by atoms with Crippen LogP contribution in [-0.4, -0.2) is 37.8 Å². The predicted octanol–water partition coefficient (Wildman–Crippen LogP) is 1.38. The third-order valence-corrected chi connectivity index (χ3v) is 5.20. The summed E-state index contributed by atoms with van der Waals surface area (Å²) in [4.78, 5) is 7.98. The van der Waals surface area contributed by atoms with Gasteiger partial charge in [0.05, 0.1) is 18.4 Å². The Bertz CT molecular complexity index is 594. The van der Waals surface area contributed by atoms with Gasteiger partial charge in [0.2, 0.25) is 0 Å². The molecule has 0 aromatic carbocycles. The number of aliphatic hydroxyl groups excluding tert-OH is 2. The van der Waals surface area contributed by atoms with Gasteiger partial charge in [0.15, 0.2) is 10.8 Å². The Labute approximate surface area is 115 Å². The topological polar surface area (TPSA) is 61.0 Å². The van der Waals surface area contributed by atoms with Crippen LogP contribution < -0.4 is 4.90 Å². The summed E-state index contributed by atoms with van der Waals surface area (Å²) in [5, 5.41) is 21.5. The molecule has 2 unspecified atom stereocenters. The molecule has 0 spiro atoms. The number of hydrogen-bond donors (Lipinski definition) is 2. The van der Waals surface area contributed by atoms with Gasteiger partial charge < -0.3 is 15.1 Å². The van der Waals surface area contributed by atoms with Crippen LogP contribution in [0.2, 0.25) is 0 Å². The molecule has 0 amide bonds. The fourth-order valence-electron chi connectivity index (χ4n) is 3.67. The molecule has 2 aromatic rings. The summed E-state index contributed by atoms with van der Waals surface area (Å²) in [5.41, 5.74) is 0.879. The highest BCUT2D eigenvalue weighted by Gasteiger charge is 2.42. The Morgan fingerprint density at radius 3 is 2.74 bits per heavy atom. The van der Waals surface area contributed by atoms with Gasteiger partial charge in [0.1, 0.15) is 0 Å². The number of piperidine rings is 1. The Kier molecular flexibility index (Phi) is 2.58. The molecule has 0 radical (unpaired) electrons. The summed E-state index contributed by atoms with van der Waals surface area (Å²) < 4.78 is 1.98. The van der Waals surface area contributed by atoms with E-state index < -0.39 is 0 Å². The molecule has 4 rings (SSSR count). The Morgan fingerprint density at radius 2 is 2.05 bits per heavy atom. The fraction of sp³-hybridized carbons (Fsp3) is 0.615. The summed E-state index contributed by atoms with van der Waals surface area (Å²) in [6.07, 6.45) is 5.69. The van der Waals surface area contributed by atoms with Gasteiger partial charge in [0.25, 0.3) is 0 Å². The van der Waals surface area contributed by atoms with Gasteiger partial charge in [-0.3, -0.25) is 4.40 Å². The van der Waals surface area contributed by atoms with Crippen LogP contribution >= 0.6 is 11.3 Å². The molecule has 2 aromatic heterocycles. The van der Waals surface area contributed by atoms with Gasteiger partial charge in [-0.05, 0) is 25.7 Å². The van der Waals surface area contributed by atoms with Gasteiger partial charge in [-0.2, -0.15) is 0 Å². The minimum Gasteiger partial charge on any atom is -0.393 e. The van der Waals surface area contributed by atoms with E-state index in [2.05, 4.69) is 4.90 Å². The highest BCUT2D eigenvalue weighted by atomic mass is 32.1. The van der Waals surface area contributed by atoms with Crippen LogP contribution in [0.25, 0.3) is 4.96 Å². The summed E-state index contributed by atoms with van der Waals surface area (Å²) in [7, 11) is 0. The first kappa shape index (κ1) is 11.7. The first-order valence-electron chi connectivity index (χ1n) is 6.79. The molecule has 5 nitrogen and oxygen atoms in total. The van der Waals surface area contributed by atoms with Crippen molar-refractivity contribution in [2.24, 2.45) is 0 Å². The Hall–Kier alpha value is -1.11. The van der Waals surface area contributed by atoms with E-state index >= 15 is 0 Å². The molecule has 19 heavy (non-hydrogen) atoms. The van der Waals surface area contributed by atoms with Crippen LogP contribution in [0.4, 0.5) is 5.82 Å². The number of aliphatic hydroxyl groups is 2. The third kappa shape index (κ3) is 1.63. The Morgan fingerprint density at radius 1 is 1.32 bits per heavy atom. The summed E-state index contributed by atoms with van der Waals surface area (Å²) in [5.74, 6) is 0.925. The van der Waals surface area contributed by atoms with Gasteiger partial charge in [-0.15, -0.1) is 11.3 Å². The largest absolute Gasteiger partial charge is 0.393 e. The fourth-order valence-corrected chi connectivity index (χ4v) is 4.40. The van der Waals surface area contributed by atoms with Crippen molar-refractivity contribution in [3.8, 4) is 0 Å². The van der Waals surface area contributed by atoms with E-state index in [0.29, 0.717) is 12.1 Å². The number of fused-ring (bicyclic) bond motifs is 3. The van der Waals surface area contributed by atoms with Crippen molar-refractivity contribution in [3.05, 3.63) is 17.3 Å². The normalized spacial score (nSPS) is 30.4. The van der Waals surface area contributed by atoms with Crippen LogP contribution in [0.3, 0.4) is 0 Å². The van der Waals surface area contributed by atoms with Crippen LogP contribution in [-0.2, 0) is 6.61 Å². The monoisotopic (exact) mass is 279 g/mol. The average molecular weight is 279 g/mol. The second-order valence-electron chi connectivity index (χ2n) is 5.51. The molecule has 4 heterocycles. The van der Waals surface area contributed by atoms with E-state index in [1.165, 1.54) is 0 Å². The van der Waals surface area contributed by atoms with Crippen molar-refractivity contribution in [2.45, 2.75) is 50.5 Å². The molecule has 6 heteroatoms. The predicted molar refractivity (Wildman–Crippen MR) is 73.5 cm³/mol. The maximum absolute atomic E-state index is 9.88. The lowest BCUT2D eigenvalue weighted by atomic mass is 10.00. The third-order valence-electron chi connectivity index (χ3n) is 4.44. The number of nitrogens with zero attached hydrogens (tertiary/aromatic N) is 3. The zero-order valence-electron chi connectivity index (χ0n) is 10.6. The number of anilines is 1. The lowest BCUT2D eigenvalue weighted by molar-refractivity contribution is 0.126. The smallest absolute Gasteiger partial charge is 0.195 e. The van der Waals surface area contributed by atoms with Crippen LogP contribution in [0.15, 0.2) is 11.6 Å². The van der Waals surface area contributed by atoms with Gasteiger partial charge in [0, 0.05) is 23.7 Å².